The lowest BCUT2D eigenvalue weighted by Crippen LogP contribution is -2.36. The number of fused-ring (bicyclic) bond motifs is 1. The fourth-order valence-corrected chi connectivity index (χ4v) is 4.10. The number of nitrogens with zero attached hydrogens (tertiary/aromatic N) is 4. The first kappa shape index (κ1) is 22.6. The van der Waals surface area contributed by atoms with Crippen molar-refractivity contribution in [2.24, 2.45) is 10.9 Å². The van der Waals surface area contributed by atoms with Gasteiger partial charge in [-0.05, 0) is 55.3 Å². The van der Waals surface area contributed by atoms with Gasteiger partial charge in [-0.15, -0.1) is 29.0 Å². The van der Waals surface area contributed by atoms with Crippen LogP contribution in [0.4, 0.5) is 11.4 Å². The van der Waals surface area contributed by atoms with E-state index in [1.54, 1.807) is 24.3 Å². The number of carbonyl (C=O) groups excluding carboxylic acids is 1. The predicted molar refractivity (Wildman–Crippen MR) is 130 cm³/mol. The number of thiol groups is 1. The monoisotopic (exact) mass is 452 g/mol. The highest BCUT2D eigenvalue weighted by atomic mass is 32.2. The molecule has 2 aromatic carbocycles. The second-order valence-electron chi connectivity index (χ2n) is 7.23. The summed E-state index contributed by atoms with van der Waals surface area (Å²) in [6.07, 6.45) is 1.87. The Hall–Kier alpha value is -3.09. The normalized spacial score (nSPS) is 11.4. The number of nitrogens with one attached hydrogen (secondary N) is 2. The fraction of sp³-hybridized carbons (Fsp3) is 0.273. The number of aromatic nitrogens is 1. The van der Waals surface area contributed by atoms with Crippen molar-refractivity contribution in [1.29, 1.82) is 5.26 Å². The van der Waals surface area contributed by atoms with Crippen LogP contribution in [0, 0.1) is 17.4 Å². The molecule has 0 aliphatic carbocycles. The van der Waals surface area contributed by atoms with E-state index in [0.717, 1.165) is 21.6 Å². The van der Waals surface area contributed by atoms with Gasteiger partial charge in [0.2, 0.25) is 12.2 Å². The number of rotatable bonds is 6. The van der Waals surface area contributed by atoms with E-state index in [1.807, 2.05) is 50.1 Å². The van der Waals surface area contributed by atoms with Crippen molar-refractivity contribution in [1.82, 2.24) is 10.3 Å². The van der Waals surface area contributed by atoms with Gasteiger partial charge in [-0.3, -0.25) is 4.79 Å². The summed E-state index contributed by atoms with van der Waals surface area (Å²) in [5.41, 5.74) is 3.07. The minimum atomic E-state index is -0.109. The Bertz CT molecular complexity index is 1130. The Labute approximate surface area is 191 Å². The van der Waals surface area contributed by atoms with Crippen molar-refractivity contribution >= 4 is 57.4 Å². The van der Waals surface area contributed by atoms with E-state index in [-0.39, 0.29) is 5.91 Å². The molecule has 0 saturated heterocycles. The second kappa shape index (κ2) is 10.3. The summed E-state index contributed by atoms with van der Waals surface area (Å²) in [6.45, 7) is 7.31. The third kappa shape index (κ3) is 5.75. The van der Waals surface area contributed by atoms with Gasteiger partial charge in [-0.2, -0.15) is 5.26 Å². The molecule has 0 spiro atoms. The average Bonchev–Trinajstić information content (AvgIpc) is 3.12. The van der Waals surface area contributed by atoms with Gasteiger partial charge in [0.25, 0.3) is 5.91 Å². The SMILES string of the molecule is CCN(/C(=N/C#N)Nc1ccc(C(=O)NCC(C)C)cc1)c1ccc2nc(S)sc2c1. The van der Waals surface area contributed by atoms with Crippen LogP contribution in [-0.4, -0.2) is 29.9 Å². The molecule has 3 rings (SSSR count). The van der Waals surface area contributed by atoms with Crippen LogP contribution >= 0.6 is 24.0 Å². The van der Waals surface area contributed by atoms with Crippen molar-refractivity contribution < 1.29 is 4.79 Å². The van der Waals surface area contributed by atoms with Crippen LogP contribution in [0.15, 0.2) is 51.8 Å². The average molecular weight is 453 g/mol. The number of aliphatic imine (C=N–C) groups is 1. The minimum Gasteiger partial charge on any atom is -0.352 e. The molecule has 9 heteroatoms. The van der Waals surface area contributed by atoms with Crippen molar-refractivity contribution in [3.63, 3.8) is 0 Å². The number of hydrogen-bond donors (Lipinski definition) is 3. The largest absolute Gasteiger partial charge is 0.352 e. The standard InChI is InChI=1S/C22H24N6OS2/c1-4-28(17-9-10-18-19(11-17)31-22(30)27-18)21(25-13-23)26-16-7-5-15(6-8-16)20(29)24-12-14(2)3/h5-11,14H,4,12H2,1-3H3,(H,24,29)(H,25,26)(H,27,30). The Morgan fingerprint density at radius 2 is 2.03 bits per heavy atom. The van der Waals surface area contributed by atoms with Gasteiger partial charge in [0.05, 0.1) is 10.2 Å². The summed E-state index contributed by atoms with van der Waals surface area (Å²) in [5, 5.41) is 15.3. The van der Waals surface area contributed by atoms with Crippen molar-refractivity contribution in [3.05, 3.63) is 48.0 Å². The molecule has 3 aromatic rings. The number of hydrogen-bond acceptors (Lipinski definition) is 6. The van der Waals surface area contributed by atoms with Crippen molar-refractivity contribution in [2.45, 2.75) is 25.1 Å². The number of amides is 1. The Balaban J connectivity index is 1.80. The number of benzene rings is 2. The molecule has 0 fully saturated rings. The van der Waals surface area contributed by atoms with Crippen LogP contribution in [0.1, 0.15) is 31.1 Å². The van der Waals surface area contributed by atoms with E-state index in [4.69, 9.17) is 0 Å². The maximum absolute atomic E-state index is 12.2. The minimum absolute atomic E-state index is 0.109. The molecule has 0 radical (unpaired) electrons. The number of thiazole rings is 1. The highest BCUT2D eigenvalue weighted by Crippen LogP contribution is 2.29. The predicted octanol–water partition coefficient (Wildman–Crippen LogP) is 4.75. The van der Waals surface area contributed by atoms with Crippen LogP contribution < -0.4 is 15.5 Å². The molecule has 7 nitrogen and oxygen atoms in total. The van der Waals surface area contributed by atoms with E-state index >= 15 is 0 Å². The van der Waals surface area contributed by atoms with Crippen LogP contribution in [0.25, 0.3) is 10.2 Å². The number of carbonyl (C=O) groups is 1. The van der Waals surface area contributed by atoms with Crippen molar-refractivity contribution in [3.8, 4) is 6.19 Å². The molecule has 1 amide bonds. The number of nitriles is 1. The van der Waals surface area contributed by atoms with Crippen LogP contribution in [0.5, 0.6) is 0 Å². The third-order valence-corrected chi connectivity index (χ3v) is 5.67. The molecular weight excluding hydrogens is 428 g/mol. The molecule has 0 unspecified atom stereocenters. The number of anilines is 2. The summed E-state index contributed by atoms with van der Waals surface area (Å²) in [4.78, 5) is 22.5. The molecule has 0 atom stereocenters. The zero-order valence-corrected chi connectivity index (χ0v) is 19.3. The van der Waals surface area contributed by atoms with E-state index in [0.29, 0.717) is 34.9 Å². The van der Waals surface area contributed by atoms with Gasteiger partial charge in [-0.25, -0.2) is 4.98 Å². The molecule has 0 aliphatic rings. The molecule has 0 saturated carbocycles. The highest BCUT2D eigenvalue weighted by molar-refractivity contribution is 7.82. The van der Waals surface area contributed by atoms with Gasteiger partial charge in [0, 0.05) is 30.0 Å². The summed E-state index contributed by atoms with van der Waals surface area (Å²) in [7, 11) is 0. The Kier molecular flexibility index (Phi) is 7.50. The smallest absolute Gasteiger partial charge is 0.251 e. The maximum Gasteiger partial charge on any atom is 0.251 e. The van der Waals surface area contributed by atoms with Gasteiger partial charge in [0.1, 0.15) is 4.34 Å². The quantitative estimate of drug-likeness (QED) is 0.217. The zero-order valence-electron chi connectivity index (χ0n) is 17.6. The molecule has 1 heterocycles. The molecule has 1 aromatic heterocycles. The summed E-state index contributed by atoms with van der Waals surface area (Å²) in [6, 6.07) is 13.0. The first-order valence-electron chi connectivity index (χ1n) is 9.90. The van der Waals surface area contributed by atoms with Crippen LogP contribution in [-0.2, 0) is 0 Å². The first-order valence-corrected chi connectivity index (χ1v) is 11.2. The molecular formula is C22H24N6OS2. The lowest BCUT2D eigenvalue weighted by molar-refractivity contribution is 0.0949. The fourth-order valence-electron chi connectivity index (χ4n) is 2.96. The Morgan fingerprint density at radius 3 is 2.68 bits per heavy atom. The number of guanidine groups is 1. The van der Waals surface area contributed by atoms with E-state index in [1.165, 1.54) is 11.3 Å². The lowest BCUT2D eigenvalue weighted by atomic mass is 10.1. The van der Waals surface area contributed by atoms with Crippen LogP contribution in [0.3, 0.4) is 0 Å². The summed E-state index contributed by atoms with van der Waals surface area (Å²) >= 11 is 5.82. The topological polar surface area (TPSA) is 93.4 Å². The Morgan fingerprint density at radius 1 is 1.29 bits per heavy atom. The van der Waals surface area contributed by atoms with E-state index < -0.39 is 0 Å². The van der Waals surface area contributed by atoms with Crippen molar-refractivity contribution in [2.75, 3.05) is 23.3 Å². The van der Waals surface area contributed by atoms with Gasteiger partial charge < -0.3 is 15.5 Å². The van der Waals surface area contributed by atoms with Gasteiger partial charge in [-0.1, -0.05) is 13.8 Å². The van der Waals surface area contributed by atoms with E-state index in [9.17, 15) is 10.1 Å². The van der Waals surface area contributed by atoms with E-state index in [2.05, 4.69) is 33.2 Å². The highest BCUT2D eigenvalue weighted by Gasteiger charge is 2.15. The molecule has 160 valence electrons. The zero-order chi connectivity index (χ0) is 22.4. The molecule has 0 bridgehead atoms. The first-order chi connectivity index (χ1) is 14.9. The maximum atomic E-state index is 12.2. The molecule has 0 aliphatic heterocycles. The van der Waals surface area contributed by atoms with Gasteiger partial charge in [0.15, 0.2) is 0 Å². The van der Waals surface area contributed by atoms with Gasteiger partial charge >= 0.3 is 0 Å². The molecule has 31 heavy (non-hydrogen) atoms. The molecule has 2 N–H and O–H groups in total. The summed E-state index contributed by atoms with van der Waals surface area (Å²) in [5.74, 6) is 0.679. The summed E-state index contributed by atoms with van der Waals surface area (Å²) < 4.78 is 1.71. The third-order valence-electron chi connectivity index (χ3n) is 4.47. The van der Waals surface area contributed by atoms with Crippen LogP contribution in [0.2, 0.25) is 0 Å². The lowest BCUT2D eigenvalue weighted by Gasteiger charge is -2.24. The second-order valence-corrected chi connectivity index (χ2v) is 8.99.